The fraction of sp³-hybridized carbons (Fsp3) is 0.353. The molecule has 2 aromatic rings. The van der Waals surface area contributed by atoms with Gasteiger partial charge >= 0.3 is 0 Å². The van der Waals surface area contributed by atoms with E-state index in [4.69, 9.17) is 9.73 Å². The number of hydrogen-bond acceptors (Lipinski definition) is 5. The highest BCUT2D eigenvalue weighted by atomic mass is 16.5. The minimum Gasteiger partial charge on any atom is -0.463 e. The first-order valence-corrected chi connectivity index (χ1v) is 7.57. The molecule has 0 fully saturated rings. The predicted molar refractivity (Wildman–Crippen MR) is 84.7 cm³/mol. The van der Waals surface area contributed by atoms with Gasteiger partial charge in [0.25, 0.3) is 6.02 Å². The molecule has 4 rings (SSSR count). The van der Waals surface area contributed by atoms with Gasteiger partial charge in [-0.1, -0.05) is 18.2 Å². The lowest BCUT2D eigenvalue weighted by Crippen LogP contribution is -2.35. The van der Waals surface area contributed by atoms with Crippen molar-refractivity contribution < 1.29 is 4.74 Å². The summed E-state index contributed by atoms with van der Waals surface area (Å²) in [4.78, 5) is 13.4. The van der Waals surface area contributed by atoms with Crippen LogP contribution in [0.3, 0.4) is 0 Å². The summed E-state index contributed by atoms with van der Waals surface area (Å²) in [6.07, 6.45) is 8.19. The van der Waals surface area contributed by atoms with Crippen LogP contribution in [-0.2, 0) is 17.6 Å². The SMILES string of the molecule is CNC1=NC2(CCc3c(cccc3-c3cnccn3)C2)CO1. The maximum absolute atomic E-state index is 5.64. The van der Waals surface area contributed by atoms with E-state index in [0.29, 0.717) is 12.6 Å². The molecule has 1 aromatic heterocycles. The fourth-order valence-electron chi connectivity index (χ4n) is 3.40. The highest BCUT2D eigenvalue weighted by molar-refractivity contribution is 5.76. The monoisotopic (exact) mass is 294 g/mol. The number of ether oxygens (including phenoxy) is 1. The zero-order chi connectivity index (χ0) is 15.0. The van der Waals surface area contributed by atoms with Crippen molar-refractivity contribution in [3.8, 4) is 11.3 Å². The number of fused-ring (bicyclic) bond motifs is 1. The van der Waals surface area contributed by atoms with Crippen molar-refractivity contribution in [1.82, 2.24) is 15.3 Å². The van der Waals surface area contributed by atoms with Gasteiger partial charge in [-0.15, -0.1) is 0 Å². The molecule has 2 aliphatic rings. The number of amidine groups is 1. The second-order valence-electron chi connectivity index (χ2n) is 5.89. The highest BCUT2D eigenvalue weighted by Crippen LogP contribution is 2.38. The van der Waals surface area contributed by atoms with Gasteiger partial charge in [0.1, 0.15) is 12.1 Å². The molecule has 1 N–H and O–H groups in total. The van der Waals surface area contributed by atoms with Gasteiger partial charge < -0.3 is 10.1 Å². The quantitative estimate of drug-likeness (QED) is 0.873. The third kappa shape index (κ3) is 2.13. The number of benzene rings is 1. The number of nitrogens with one attached hydrogen (secondary N) is 1. The van der Waals surface area contributed by atoms with Gasteiger partial charge in [-0.05, 0) is 24.0 Å². The zero-order valence-corrected chi connectivity index (χ0v) is 12.5. The molecule has 0 saturated carbocycles. The molecule has 1 aliphatic carbocycles. The minimum atomic E-state index is -0.105. The molecular weight excluding hydrogens is 276 g/mol. The van der Waals surface area contributed by atoms with E-state index >= 15 is 0 Å². The molecule has 0 radical (unpaired) electrons. The van der Waals surface area contributed by atoms with E-state index in [9.17, 15) is 0 Å². The lowest BCUT2D eigenvalue weighted by atomic mass is 9.77. The van der Waals surface area contributed by atoms with Gasteiger partial charge in [0.05, 0.1) is 11.9 Å². The molecule has 112 valence electrons. The van der Waals surface area contributed by atoms with Crippen molar-refractivity contribution in [3.63, 3.8) is 0 Å². The van der Waals surface area contributed by atoms with Crippen LogP contribution in [0.15, 0.2) is 41.8 Å². The summed E-state index contributed by atoms with van der Waals surface area (Å²) in [6.45, 7) is 0.665. The molecule has 0 bridgehead atoms. The average molecular weight is 294 g/mol. The van der Waals surface area contributed by atoms with Crippen molar-refractivity contribution in [2.45, 2.75) is 24.8 Å². The van der Waals surface area contributed by atoms with E-state index in [2.05, 4.69) is 33.5 Å². The number of aliphatic imine (C=N–C) groups is 1. The topological polar surface area (TPSA) is 59.4 Å². The third-order valence-electron chi connectivity index (χ3n) is 4.50. The first-order valence-electron chi connectivity index (χ1n) is 7.57. The van der Waals surface area contributed by atoms with E-state index in [1.807, 2.05) is 13.2 Å². The maximum Gasteiger partial charge on any atom is 0.285 e. The van der Waals surface area contributed by atoms with Crippen LogP contribution in [0.1, 0.15) is 17.5 Å². The molecule has 5 heteroatoms. The second kappa shape index (κ2) is 5.09. The summed E-state index contributed by atoms with van der Waals surface area (Å²) >= 11 is 0. The van der Waals surface area contributed by atoms with Crippen LogP contribution in [0.2, 0.25) is 0 Å². The predicted octanol–water partition coefficient (Wildman–Crippen LogP) is 1.98. The van der Waals surface area contributed by atoms with Crippen LogP contribution in [0, 0.1) is 0 Å². The van der Waals surface area contributed by atoms with E-state index in [1.165, 1.54) is 16.7 Å². The highest BCUT2D eigenvalue weighted by Gasteiger charge is 2.40. The summed E-state index contributed by atoms with van der Waals surface area (Å²) in [5, 5.41) is 3.01. The Hall–Kier alpha value is -2.43. The molecule has 0 saturated heterocycles. The van der Waals surface area contributed by atoms with Crippen LogP contribution < -0.4 is 5.32 Å². The number of rotatable bonds is 1. The zero-order valence-electron chi connectivity index (χ0n) is 12.5. The molecule has 0 amide bonds. The van der Waals surface area contributed by atoms with Crippen LogP contribution >= 0.6 is 0 Å². The van der Waals surface area contributed by atoms with E-state index in [0.717, 1.165) is 25.0 Å². The van der Waals surface area contributed by atoms with Crippen molar-refractivity contribution in [2.75, 3.05) is 13.7 Å². The molecule has 1 aromatic carbocycles. The molecule has 5 nitrogen and oxygen atoms in total. The summed E-state index contributed by atoms with van der Waals surface area (Å²) in [5.74, 6) is 0. The number of hydrogen-bond donors (Lipinski definition) is 1. The van der Waals surface area contributed by atoms with Gasteiger partial charge in [0, 0.05) is 31.4 Å². The van der Waals surface area contributed by atoms with E-state index in [1.54, 1.807) is 12.4 Å². The number of nitrogens with zero attached hydrogens (tertiary/aromatic N) is 3. The second-order valence-corrected chi connectivity index (χ2v) is 5.89. The molecule has 1 unspecified atom stereocenters. The molecular formula is C17H18N4O. The Labute approximate surface area is 129 Å². The molecule has 1 atom stereocenters. The Balaban J connectivity index is 1.72. The van der Waals surface area contributed by atoms with Gasteiger partial charge in [-0.3, -0.25) is 9.97 Å². The van der Waals surface area contributed by atoms with Gasteiger partial charge in [0.2, 0.25) is 0 Å². The van der Waals surface area contributed by atoms with Crippen LogP contribution in [0.25, 0.3) is 11.3 Å². The average Bonchev–Trinajstić information content (AvgIpc) is 2.97. The minimum absolute atomic E-state index is 0.105. The molecule has 22 heavy (non-hydrogen) atoms. The Morgan fingerprint density at radius 2 is 2.23 bits per heavy atom. The fourth-order valence-corrected chi connectivity index (χ4v) is 3.40. The summed E-state index contributed by atoms with van der Waals surface area (Å²) in [7, 11) is 1.85. The maximum atomic E-state index is 5.64. The van der Waals surface area contributed by atoms with Crippen LogP contribution in [-0.4, -0.2) is 35.2 Å². The third-order valence-corrected chi connectivity index (χ3v) is 4.50. The Morgan fingerprint density at radius 1 is 1.27 bits per heavy atom. The van der Waals surface area contributed by atoms with Gasteiger partial charge in [0.15, 0.2) is 0 Å². The summed E-state index contributed by atoms with van der Waals surface area (Å²) in [5.41, 5.74) is 4.75. The van der Waals surface area contributed by atoms with Crippen molar-refractivity contribution in [2.24, 2.45) is 4.99 Å². The standard InChI is InChI=1S/C17H18N4O/c1-18-16-21-17(11-22-16)6-5-13-12(9-17)3-2-4-14(13)15-10-19-7-8-20-15/h2-4,7-8,10H,5-6,9,11H2,1H3,(H,18,21). The number of aromatic nitrogens is 2. The molecule has 1 aliphatic heterocycles. The summed E-state index contributed by atoms with van der Waals surface area (Å²) < 4.78 is 5.64. The lowest BCUT2D eigenvalue weighted by Gasteiger charge is -2.31. The largest absolute Gasteiger partial charge is 0.463 e. The summed E-state index contributed by atoms with van der Waals surface area (Å²) in [6, 6.07) is 7.09. The first kappa shape index (κ1) is 13.2. The van der Waals surface area contributed by atoms with Gasteiger partial charge in [-0.25, -0.2) is 4.99 Å². The Kier molecular flexibility index (Phi) is 3.06. The molecule has 2 heterocycles. The van der Waals surface area contributed by atoms with E-state index < -0.39 is 0 Å². The van der Waals surface area contributed by atoms with Crippen LogP contribution in [0.5, 0.6) is 0 Å². The van der Waals surface area contributed by atoms with E-state index in [-0.39, 0.29) is 5.54 Å². The van der Waals surface area contributed by atoms with Crippen LogP contribution in [0.4, 0.5) is 0 Å². The normalized spacial score (nSPS) is 22.9. The van der Waals surface area contributed by atoms with Crippen molar-refractivity contribution >= 4 is 6.02 Å². The van der Waals surface area contributed by atoms with Crippen molar-refractivity contribution in [1.29, 1.82) is 0 Å². The Morgan fingerprint density at radius 3 is 3.00 bits per heavy atom. The van der Waals surface area contributed by atoms with Gasteiger partial charge in [-0.2, -0.15) is 0 Å². The first-order chi connectivity index (χ1) is 10.8. The smallest absolute Gasteiger partial charge is 0.285 e. The molecule has 1 spiro atoms. The van der Waals surface area contributed by atoms with Crippen molar-refractivity contribution in [3.05, 3.63) is 47.9 Å². The Bertz CT molecular complexity index is 729. The lowest BCUT2D eigenvalue weighted by molar-refractivity contribution is 0.232.